The minimum atomic E-state index is -0.536. The molecule has 2 heterocycles. The van der Waals surface area contributed by atoms with Gasteiger partial charge in [-0.2, -0.15) is 0 Å². The van der Waals surface area contributed by atoms with E-state index in [0.717, 1.165) is 0 Å². The van der Waals surface area contributed by atoms with Crippen molar-refractivity contribution >= 4 is 11.7 Å². The lowest BCUT2D eigenvalue weighted by atomic mass is 10.3. The average molecular weight is 149 g/mol. The Hall–Kier alpha value is -1.78. The summed E-state index contributed by atoms with van der Waals surface area (Å²) in [4.78, 5) is 14.6. The number of carbonyl (C=O) groups excluding carboxylic acids is 1. The van der Waals surface area contributed by atoms with Gasteiger partial charge in [-0.3, -0.25) is 0 Å². The van der Waals surface area contributed by atoms with Gasteiger partial charge in [-0.05, 0) is 0 Å². The summed E-state index contributed by atoms with van der Waals surface area (Å²) in [6, 6.07) is 0. The van der Waals surface area contributed by atoms with E-state index >= 15 is 0 Å². The molecule has 11 heavy (non-hydrogen) atoms. The van der Waals surface area contributed by atoms with Gasteiger partial charge in [0.05, 0.1) is 0 Å². The predicted molar refractivity (Wildman–Crippen MR) is 34.3 cm³/mol. The molecule has 0 aromatic carbocycles. The van der Waals surface area contributed by atoms with Crippen LogP contribution in [0, 0.1) is 0 Å². The molecule has 0 fully saturated rings. The van der Waals surface area contributed by atoms with Gasteiger partial charge >= 0.3 is 5.97 Å². The molecule has 54 valence electrons. The minimum Gasteiger partial charge on any atom is -0.420 e. The summed E-state index contributed by atoms with van der Waals surface area (Å²) in [5, 5.41) is 6.98. The predicted octanol–water partition coefficient (Wildman–Crippen LogP) is 0.0127. The Morgan fingerprint density at radius 1 is 1.45 bits per heavy atom. The van der Waals surface area contributed by atoms with Crippen LogP contribution in [0.2, 0.25) is 0 Å². The van der Waals surface area contributed by atoms with Crippen molar-refractivity contribution in [3.8, 4) is 0 Å². The van der Waals surface area contributed by atoms with E-state index in [9.17, 15) is 4.79 Å². The molecule has 5 nitrogen and oxygen atoms in total. The van der Waals surface area contributed by atoms with Crippen molar-refractivity contribution in [1.29, 1.82) is 0 Å². The third kappa shape index (κ3) is 0.706. The van der Waals surface area contributed by atoms with Gasteiger partial charge in [-0.1, -0.05) is 6.58 Å². The van der Waals surface area contributed by atoms with Gasteiger partial charge in [0.15, 0.2) is 5.76 Å². The van der Waals surface area contributed by atoms with Crippen LogP contribution in [0.25, 0.3) is 5.76 Å². The van der Waals surface area contributed by atoms with Gasteiger partial charge < -0.3 is 4.74 Å². The normalized spacial score (nSPS) is 14.5. The van der Waals surface area contributed by atoms with Crippen LogP contribution in [0.3, 0.4) is 0 Å². The molecule has 0 N–H and O–H groups in total. The van der Waals surface area contributed by atoms with Crippen molar-refractivity contribution in [2.24, 2.45) is 0 Å². The van der Waals surface area contributed by atoms with Crippen molar-refractivity contribution in [3.05, 3.63) is 24.3 Å². The third-order valence-electron chi connectivity index (χ3n) is 1.29. The fraction of sp³-hybridized carbons (Fsp3) is 0. The van der Waals surface area contributed by atoms with Crippen LogP contribution in [-0.2, 0) is 4.74 Å². The van der Waals surface area contributed by atoms with E-state index in [4.69, 9.17) is 0 Å². The van der Waals surface area contributed by atoms with Crippen molar-refractivity contribution in [3.63, 3.8) is 0 Å². The SMILES string of the molecule is C=C1OC(=O)c2nncnc21. The lowest BCUT2D eigenvalue weighted by molar-refractivity contribution is 0.0710. The highest BCUT2D eigenvalue weighted by Gasteiger charge is 2.28. The van der Waals surface area contributed by atoms with Crippen LogP contribution >= 0.6 is 0 Å². The smallest absolute Gasteiger partial charge is 0.366 e. The van der Waals surface area contributed by atoms with E-state index in [1.54, 1.807) is 0 Å². The zero-order chi connectivity index (χ0) is 7.84. The van der Waals surface area contributed by atoms with Crippen molar-refractivity contribution in [2.75, 3.05) is 0 Å². The molecule has 0 spiro atoms. The Labute approximate surface area is 61.7 Å². The zero-order valence-electron chi connectivity index (χ0n) is 5.44. The van der Waals surface area contributed by atoms with Crippen LogP contribution in [0.1, 0.15) is 16.2 Å². The van der Waals surface area contributed by atoms with Crippen LogP contribution in [-0.4, -0.2) is 21.2 Å². The fourth-order valence-corrected chi connectivity index (χ4v) is 0.826. The number of esters is 1. The fourth-order valence-electron chi connectivity index (χ4n) is 0.826. The zero-order valence-corrected chi connectivity index (χ0v) is 5.44. The van der Waals surface area contributed by atoms with Crippen LogP contribution in [0.4, 0.5) is 0 Å². The second-order valence-electron chi connectivity index (χ2n) is 1.97. The number of ether oxygens (including phenoxy) is 1. The Bertz CT molecular complexity index is 314. The summed E-state index contributed by atoms with van der Waals surface area (Å²) in [5.41, 5.74) is 0.516. The molecule has 5 heteroatoms. The summed E-state index contributed by atoms with van der Waals surface area (Å²) in [6.45, 7) is 3.47. The van der Waals surface area contributed by atoms with E-state index < -0.39 is 5.97 Å². The molecule has 0 aliphatic carbocycles. The molecule has 2 rings (SSSR count). The highest BCUT2D eigenvalue weighted by atomic mass is 16.5. The molecule has 0 radical (unpaired) electrons. The summed E-state index contributed by atoms with van der Waals surface area (Å²) in [6.07, 6.45) is 1.24. The van der Waals surface area contributed by atoms with Crippen molar-refractivity contribution < 1.29 is 9.53 Å². The summed E-state index contributed by atoms with van der Waals surface area (Å²) in [7, 11) is 0. The standard InChI is InChI=1S/C6H3N3O2/c1-3-4-5(6(10)11-3)9-8-2-7-4/h2H,1H2. The number of carbonyl (C=O) groups is 1. The van der Waals surface area contributed by atoms with Crippen LogP contribution in [0.5, 0.6) is 0 Å². The van der Waals surface area contributed by atoms with Gasteiger partial charge in [0, 0.05) is 0 Å². The number of fused-ring (bicyclic) bond motifs is 1. The third-order valence-corrected chi connectivity index (χ3v) is 1.29. The highest BCUT2D eigenvalue weighted by Crippen LogP contribution is 2.22. The van der Waals surface area contributed by atoms with E-state index in [2.05, 4.69) is 26.5 Å². The number of nitrogens with zero attached hydrogens (tertiary/aromatic N) is 3. The molecule has 1 aromatic heterocycles. The molecule has 0 amide bonds. The molecule has 0 bridgehead atoms. The molecule has 1 aliphatic heterocycles. The lowest BCUT2D eigenvalue weighted by Gasteiger charge is -1.88. The lowest BCUT2D eigenvalue weighted by Crippen LogP contribution is -1.99. The number of rotatable bonds is 0. The molecule has 1 aliphatic rings. The Balaban J connectivity index is 2.69. The largest absolute Gasteiger partial charge is 0.420 e. The first-order chi connectivity index (χ1) is 5.29. The summed E-state index contributed by atoms with van der Waals surface area (Å²) in [5.74, 6) is -0.300. The van der Waals surface area contributed by atoms with Crippen molar-refractivity contribution in [1.82, 2.24) is 15.2 Å². The number of hydrogen-bond donors (Lipinski definition) is 0. The second-order valence-corrected chi connectivity index (χ2v) is 1.97. The average Bonchev–Trinajstić information content (AvgIpc) is 2.30. The first-order valence-corrected chi connectivity index (χ1v) is 2.88. The number of cyclic esters (lactones) is 1. The maximum atomic E-state index is 10.9. The Morgan fingerprint density at radius 3 is 3.00 bits per heavy atom. The van der Waals surface area contributed by atoms with E-state index in [-0.39, 0.29) is 11.5 Å². The van der Waals surface area contributed by atoms with E-state index in [1.165, 1.54) is 6.33 Å². The highest BCUT2D eigenvalue weighted by molar-refractivity contribution is 5.99. The van der Waals surface area contributed by atoms with Gasteiger partial charge in [-0.15, -0.1) is 10.2 Å². The monoisotopic (exact) mass is 149 g/mol. The molecule has 0 unspecified atom stereocenters. The summed E-state index contributed by atoms with van der Waals surface area (Å²) < 4.78 is 4.63. The number of hydrogen-bond acceptors (Lipinski definition) is 5. The second kappa shape index (κ2) is 1.85. The van der Waals surface area contributed by atoms with Crippen LogP contribution in [0.15, 0.2) is 12.9 Å². The molecular formula is C6H3N3O2. The van der Waals surface area contributed by atoms with Gasteiger partial charge in [0.25, 0.3) is 0 Å². The summed E-state index contributed by atoms with van der Waals surface area (Å²) >= 11 is 0. The first-order valence-electron chi connectivity index (χ1n) is 2.88. The van der Waals surface area contributed by atoms with Gasteiger partial charge in [0.1, 0.15) is 12.0 Å². The molecule has 0 saturated heterocycles. The van der Waals surface area contributed by atoms with Gasteiger partial charge in [0.2, 0.25) is 5.69 Å². The van der Waals surface area contributed by atoms with E-state index in [1.807, 2.05) is 0 Å². The Kier molecular flexibility index (Phi) is 1.00. The quantitative estimate of drug-likeness (QED) is 0.486. The number of aromatic nitrogens is 3. The van der Waals surface area contributed by atoms with Crippen molar-refractivity contribution in [2.45, 2.75) is 0 Å². The topological polar surface area (TPSA) is 65.0 Å². The molecule has 0 atom stereocenters. The van der Waals surface area contributed by atoms with Crippen LogP contribution < -0.4 is 0 Å². The van der Waals surface area contributed by atoms with E-state index in [0.29, 0.717) is 5.69 Å². The Morgan fingerprint density at radius 2 is 2.27 bits per heavy atom. The minimum absolute atomic E-state index is 0.137. The molecular weight excluding hydrogens is 146 g/mol. The first kappa shape index (κ1) is 5.96. The molecule has 0 saturated carbocycles. The maximum absolute atomic E-state index is 10.9. The molecule has 1 aromatic rings. The van der Waals surface area contributed by atoms with Gasteiger partial charge in [-0.25, -0.2) is 9.78 Å². The maximum Gasteiger partial charge on any atom is 0.366 e.